The molecule has 0 radical (unpaired) electrons. The van der Waals surface area contributed by atoms with Crippen molar-refractivity contribution < 1.29 is 14.4 Å². The molecule has 3 heterocycles. The van der Waals surface area contributed by atoms with E-state index in [0.717, 1.165) is 53.8 Å². The first kappa shape index (κ1) is 26.8. The largest absolute Gasteiger partial charge is 0.346 e. The highest BCUT2D eigenvalue weighted by atomic mass is 79.9. The predicted molar refractivity (Wildman–Crippen MR) is 148 cm³/mol. The zero-order valence-corrected chi connectivity index (χ0v) is 23.7. The van der Waals surface area contributed by atoms with Gasteiger partial charge in [0.15, 0.2) is 0 Å². The van der Waals surface area contributed by atoms with Gasteiger partial charge in [-0.3, -0.25) is 14.4 Å². The summed E-state index contributed by atoms with van der Waals surface area (Å²) in [4.78, 5) is 45.4. The van der Waals surface area contributed by atoms with Crippen LogP contribution in [0.15, 0.2) is 34.1 Å². The molecule has 2 saturated heterocycles. The molecule has 0 bridgehead atoms. The van der Waals surface area contributed by atoms with E-state index < -0.39 is 0 Å². The van der Waals surface area contributed by atoms with Crippen molar-refractivity contribution in [1.29, 1.82) is 0 Å². The lowest BCUT2D eigenvalue weighted by Gasteiger charge is -2.36. The third-order valence-electron chi connectivity index (χ3n) is 7.04. The Morgan fingerprint density at radius 1 is 1.19 bits per heavy atom. The van der Waals surface area contributed by atoms with Crippen LogP contribution in [-0.2, 0) is 4.79 Å². The zero-order valence-electron chi connectivity index (χ0n) is 21.3. The third kappa shape index (κ3) is 6.36. The van der Waals surface area contributed by atoms with E-state index in [9.17, 15) is 14.4 Å². The molecule has 4 rings (SSSR count). The topological polar surface area (TPSA) is 73.0 Å². The van der Waals surface area contributed by atoms with Crippen molar-refractivity contribution in [3.63, 3.8) is 0 Å². The van der Waals surface area contributed by atoms with Gasteiger partial charge >= 0.3 is 0 Å². The Morgan fingerprint density at radius 3 is 2.69 bits per heavy atom. The molecule has 2 fully saturated rings. The van der Waals surface area contributed by atoms with Gasteiger partial charge in [-0.25, -0.2) is 0 Å². The Hall–Kier alpha value is -2.23. The van der Waals surface area contributed by atoms with Crippen LogP contribution in [0.2, 0.25) is 0 Å². The molecule has 36 heavy (non-hydrogen) atoms. The predicted octanol–water partition coefficient (Wildman–Crippen LogP) is 4.69. The highest BCUT2D eigenvalue weighted by Crippen LogP contribution is 2.28. The summed E-state index contributed by atoms with van der Waals surface area (Å²) < 4.78 is 0.895. The maximum Gasteiger partial charge on any atom is 0.261 e. The van der Waals surface area contributed by atoms with Gasteiger partial charge in [-0.1, -0.05) is 0 Å². The minimum Gasteiger partial charge on any atom is -0.346 e. The average molecular weight is 576 g/mol. The van der Waals surface area contributed by atoms with E-state index in [1.165, 1.54) is 17.8 Å². The van der Waals surface area contributed by atoms with Crippen LogP contribution < -0.4 is 10.2 Å². The van der Waals surface area contributed by atoms with Crippen molar-refractivity contribution in [2.24, 2.45) is 0 Å². The number of carbonyl (C=O) groups excluding carboxylic acids is 3. The standard InChI is InChI=1S/C27H35BrN4O3S/c1-18-15-21(32-17-19(16-25(32)33)29-26(34)23-11-12-24(28)36-23)9-10-22(18)27(35)31-14-5-4-7-20(31)8-6-13-30(2)3/h9-12,15,19-20H,4-8,13-14,16-17H2,1-3H3,(H,29,34). The molecule has 3 amide bonds. The number of nitrogens with zero attached hydrogens (tertiary/aromatic N) is 3. The summed E-state index contributed by atoms with van der Waals surface area (Å²) in [5.74, 6) is -0.0964. The van der Waals surface area contributed by atoms with E-state index in [-0.39, 0.29) is 30.2 Å². The minimum absolute atomic E-state index is 0.0249. The van der Waals surface area contributed by atoms with Crippen LogP contribution in [0.4, 0.5) is 5.69 Å². The fourth-order valence-corrected chi connectivity index (χ4v) is 6.46. The second kappa shape index (κ2) is 11.9. The van der Waals surface area contributed by atoms with Crippen molar-refractivity contribution in [2.45, 2.75) is 57.5 Å². The lowest BCUT2D eigenvalue weighted by molar-refractivity contribution is -0.117. The number of nitrogens with one attached hydrogen (secondary N) is 1. The highest BCUT2D eigenvalue weighted by molar-refractivity contribution is 9.11. The van der Waals surface area contributed by atoms with E-state index >= 15 is 0 Å². The van der Waals surface area contributed by atoms with E-state index in [1.54, 1.807) is 11.0 Å². The SMILES string of the molecule is Cc1cc(N2CC(NC(=O)c3ccc(Br)s3)CC2=O)ccc1C(=O)N1CCCCC1CCCN(C)C. The molecule has 2 atom stereocenters. The molecule has 2 aliphatic heterocycles. The molecule has 1 aromatic carbocycles. The highest BCUT2D eigenvalue weighted by Gasteiger charge is 2.33. The van der Waals surface area contributed by atoms with Crippen molar-refractivity contribution in [1.82, 2.24) is 15.1 Å². The maximum atomic E-state index is 13.5. The number of hydrogen-bond donors (Lipinski definition) is 1. The molecule has 0 spiro atoms. The van der Waals surface area contributed by atoms with Crippen molar-refractivity contribution in [3.8, 4) is 0 Å². The number of aryl methyl sites for hydroxylation is 1. The number of halogens is 1. The van der Waals surface area contributed by atoms with Crippen molar-refractivity contribution >= 4 is 50.7 Å². The maximum absolute atomic E-state index is 13.5. The quantitative estimate of drug-likeness (QED) is 0.496. The first-order valence-corrected chi connectivity index (χ1v) is 14.3. The fourth-order valence-electron chi connectivity index (χ4n) is 5.17. The Bertz CT molecular complexity index is 1120. The number of amides is 3. The Morgan fingerprint density at radius 2 is 2.00 bits per heavy atom. The first-order valence-electron chi connectivity index (χ1n) is 12.7. The minimum atomic E-state index is -0.247. The van der Waals surface area contributed by atoms with Gasteiger partial charge in [0, 0.05) is 36.8 Å². The number of benzene rings is 1. The van der Waals surface area contributed by atoms with E-state index in [2.05, 4.69) is 45.1 Å². The monoisotopic (exact) mass is 574 g/mol. The first-order chi connectivity index (χ1) is 17.2. The van der Waals surface area contributed by atoms with Crippen LogP contribution >= 0.6 is 27.3 Å². The summed E-state index contributed by atoms with van der Waals surface area (Å²) in [5.41, 5.74) is 2.35. The smallest absolute Gasteiger partial charge is 0.261 e. The van der Waals surface area contributed by atoms with Gasteiger partial charge in [0.05, 0.1) is 14.7 Å². The average Bonchev–Trinajstić information content (AvgIpc) is 3.44. The van der Waals surface area contributed by atoms with E-state index in [1.807, 2.05) is 31.2 Å². The van der Waals surface area contributed by atoms with Gasteiger partial charge < -0.3 is 20.0 Å². The summed E-state index contributed by atoms with van der Waals surface area (Å²) in [6.07, 6.45) is 5.66. The molecule has 0 aliphatic carbocycles. The molecule has 7 nitrogen and oxygen atoms in total. The van der Waals surface area contributed by atoms with E-state index in [4.69, 9.17) is 0 Å². The van der Waals surface area contributed by atoms with Crippen LogP contribution in [0.25, 0.3) is 0 Å². The number of piperidine rings is 1. The van der Waals surface area contributed by atoms with Crippen LogP contribution in [0.3, 0.4) is 0 Å². The molecule has 1 N–H and O–H groups in total. The summed E-state index contributed by atoms with van der Waals surface area (Å²) >= 11 is 4.75. The second-order valence-electron chi connectivity index (χ2n) is 10.1. The van der Waals surface area contributed by atoms with Crippen LogP contribution in [0.5, 0.6) is 0 Å². The molecule has 0 saturated carbocycles. The van der Waals surface area contributed by atoms with Gasteiger partial charge in [0.2, 0.25) is 5.91 Å². The molecule has 194 valence electrons. The number of thiophene rings is 1. The van der Waals surface area contributed by atoms with Gasteiger partial charge in [-0.15, -0.1) is 11.3 Å². The number of carbonyl (C=O) groups is 3. The Kier molecular flexibility index (Phi) is 8.85. The lowest BCUT2D eigenvalue weighted by atomic mass is 9.96. The molecular formula is C27H35BrN4O3S. The lowest BCUT2D eigenvalue weighted by Crippen LogP contribution is -2.44. The van der Waals surface area contributed by atoms with Gasteiger partial charge in [-0.2, -0.15) is 0 Å². The summed E-state index contributed by atoms with van der Waals surface area (Å²) in [6, 6.07) is 9.31. The van der Waals surface area contributed by atoms with E-state index in [0.29, 0.717) is 23.0 Å². The summed E-state index contributed by atoms with van der Waals surface area (Å²) in [6.45, 7) is 4.20. The number of hydrogen-bond acceptors (Lipinski definition) is 5. The van der Waals surface area contributed by atoms with Gasteiger partial charge in [-0.05, 0) is 111 Å². The zero-order chi connectivity index (χ0) is 25.8. The van der Waals surface area contributed by atoms with Crippen molar-refractivity contribution in [3.05, 3.63) is 50.1 Å². The molecule has 2 aliphatic rings. The number of likely N-dealkylation sites (tertiary alicyclic amines) is 1. The Labute approximate surface area is 226 Å². The number of rotatable bonds is 8. The Balaban J connectivity index is 1.41. The van der Waals surface area contributed by atoms with Gasteiger partial charge in [0.25, 0.3) is 11.8 Å². The van der Waals surface area contributed by atoms with Crippen molar-refractivity contribution in [2.75, 3.05) is 38.6 Å². The number of anilines is 1. The third-order valence-corrected chi connectivity index (χ3v) is 8.66. The normalized spacial score (nSPS) is 20.3. The molecule has 9 heteroatoms. The van der Waals surface area contributed by atoms with Crippen LogP contribution in [-0.4, -0.2) is 73.3 Å². The molecule has 2 unspecified atom stereocenters. The van der Waals surface area contributed by atoms with Gasteiger partial charge in [0.1, 0.15) is 0 Å². The second-order valence-corrected chi connectivity index (χ2v) is 12.5. The fraction of sp³-hybridized carbons (Fsp3) is 0.519. The summed E-state index contributed by atoms with van der Waals surface area (Å²) in [7, 11) is 4.16. The van der Waals surface area contributed by atoms with Crippen LogP contribution in [0, 0.1) is 6.92 Å². The molecule has 1 aromatic heterocycles. The van der Waals surface area contributed by atoms with Crippen LogP contribution in [0.1, 0.15) is 64.1 Å². The summed E-state index contributed by atoms with van der Waals surface area (Å²) in [5, 5.41) is 2.98. The molecular weight excluding hydrogens is 540 g/mol. The molecule has 2 aromatic rings.